The van der Waals surface area contributed by atoms with E-state index in [9.17, 15) is 14.0 Å². The van der Waals surface area contributed by atoms with Crippen molar-refractivity contribution in [1.29, 1.82) is 0 Å². The molecule has 0 aliphatic carbocycles. The number of carbonyl (C=O) groups is 2. The summed E-state index contributed by atoms with van der Waals surface area (Å²) in [5, 5.41) is 2.46. The Labute approximate surface area is 117 Å². The maximum Gasteiger partial charge on any atom is 0.244 e. The zero-order valence-electron chi connectivity index (χ0n) is 9.77. The number of nitrogens with one attached hydrogen (secondary N) is 1. The fourth-order valence-electron chi connectivity index (χ4n) is 1.61. The lowest BCUT2D eigenvalue weighted by Crippen LogP contribution is -2.20. The number of nitrogens with zero attached hydrogens (tertiary/aromatic N) is 1. The van der Waals surface area contributed by atoms with Crippen LogP contribution in [-0.4, -0.2) is 16.8 Å². The lowest BCUT2D eigenvalue weighted by molar-refractivity contribution is -0.116. The van der Waals surface area contributed by atoms with Crippen LogP contribution in [0.1, 0.15) is 10.5 Å². The van der Waals surface area contributed by atoms with Gasteiger partial charge in [-0.05, 0) is 30.3 Å². The molecule has 1 aromatic heterocycles. The maximum atomic E-state index is 13.5. The average molecular weight is 325 g/mol. The van der Waals surface area contributed by atoms with Crippen LogP contribution < -0.4 is 5.32 Å². The quantitative estimate of drug-likeness (QED) is 0.879. The third-order valence-electron chi connectivity index (χ3n) is 2.50. The van der Waals surface area contributed by atoms with E-state index in [1.165, 1.54) is 16.7 Å². The SMILES string of the molecule is O=Cc1cccn1CC(=O)Nc1ccc(Br)cc1F. The number of carbonyl (C=O) groups excluding carboxylic acids is 2. The Kier molecular flexibility index (Phi) is 4.11. The molecule has 0 saturated heterocycles. The number of hydrogen-bond donors (Lipinski definition) is 1. The molecule has 0 spiro atoms. The smallest absolute Gasteiger partial charge is 0.244 e. The predicted octanol–water partition coefficient (Wildman–Crippen LogP) is 2.84. The van der Waals surface area contributed by atoms with Gasteiger partial charge in [0.05, 0.1) is 11.4 Å². The molecule has 0 radical (unpaired) electrons. The summed E-state index contributed by atoms with van der Waals surface area (Å²) in [6.07, 6.45) is 2.27. The van der Waals surface area contributed by atoms with Crippen molar-refractivity contribution in [3.8, 4) is 0 Å². The first-order chi connectivity index (χ1) is 9.10. The fraction of sp³-hybridized carbons (Fsp3) is 0.0769. The average Bonchev–Trinajstić information content (AvgIpc) is 2.80. The van der Waals surface area contributed by atoms with Crippen molar-refractivity contribution in [2.24, 2.45) is 0 Å². The van der Waals surface area contributed by atoms with Gasteiger partial charge in [-0.1, -0.05) is 15.9 Å². The molecule has 1 N–H and O–H groups in total. The lowest BCUT2D eigenvalue weighted by atomic mass is 10.3. The molecule has 1 aromatic carbocycles. The van der Waals surface area contributed by atoms with Gasteiger partial charge in [0.2, 0.25) is 5.91 Å². The molecule has 1 heterocycles. The lowest BCUT2D eigenvalue weighted by Gasteiger charge is -2.08. The third kappa shape index (κ3) is 3.29. The molecule has 4 nitrogen and oxygen atoms in total. The van der Waals surface area contributed by atoms with Gasteiger partial charge in [0, 0.05) is 10.7 Å². The van der Waals surface area contributed by atoms with Gasteiger partial charge in [-0.15, -0.1) is 0 Å². The van der Waals surface area contributed by atoms with Crippen LogP contribution in [0.2, 0.25) is 0 Å². The number of benzene rings is 1. The minimum absolute atomic E-state index is 0.0451. The van der Waals surface area contributed by atoms with Crippen LogP contribution in [0.25, 0.3) is 0 Å². The fourth-order valence-corrected chi connectivity index (χ4v) is 1.95. The highest BCUT2D eigenvalue weighted by Crippen LogP contribution is 2.19. The van der Waals surface area contributed by atoms with Gasteiger partial charge in [0.25, 0.3) is 0 Å². The standard InChI is InChI=1S/C13H10BrFN2O2/c14-9-3-4-12(11(15)6-9)16-13(19)7-17-5-1-2-10(17)8-18/h1-6,8H,7H2,(H,16,19). The third-order valence-corrected chi connectivity index (χ3v) is 3.00. The first kappa shape index (κ1) is 13.5. The summed E-state index contributed by atoms with van der Waals surface area (Å²) < 4.78 is 15.6. The van der Waals surface area contributed by atoms with E-state index >= 15 is 0 Å². The topological polar surface area (TPSA) is 51.1 Å². The largest absolute Gasteiger partial charge is 0.336 e. The van der Waals surface area contributed by atoms with Gasteiger partial charge >= 0.3 is 0 Å². The van der Waals surface area contributed by atoms with E-state index in [0.717, 1.165) is 0 Å². The Morgan fingerprint density at radius 2 is 2.21 bits per heavy atom. The highest BCUT2D eigenvalue weighted by atomic mass is 79.9. The molecule has 6 heteroatoms. The molecule has 98 valence electrons. The molecule has 1 amide bonds. The minimum atomic E-state index is -0.522. The number of aldehydes is 1. The van der Waals surface area contributed by atoms with E-state index in [1.54, 1.807) is 24.4 Å². The van der Waals surface area contributed by atoms with Crippen LogP contribution in [0.3, 0.4) is 0 Å². The maximum absolute atomic E-state index is 13.5. The number of rotatable bonds is 4. The monoisotopic (exact) mass is 324 g/mol. The number of aromatic nitrogens is 1. The molecule has 19 heavy (non-hydrogen) atoms. The van der Waals surface area contributed by atoms with Gasteiger partial charge in [-0.3, -0.25) is 9.59 Å². The van der Waals surface area contributed by atoms with Gasteiger partial charge in [0.1, 0.15) is 12.4 Å². The van der Waals surface area contributed by atoms with Gasteiger partial charge in [-0.2, -0.15) is 0 Å². The van der Waals surface area contributed by atoms with Crippen LogP contribution in [0.15, 0.2) is 41.0 Å². The Hall–Kier alpha value is -1.95. The highest BCUT2D eigenvalue weighted by molar-refractivity contribution is 9.10. The number of amides is 1. The van der Waals surface area contributed by atoms with E-state index in [-0.39, 0.29) is 12.2 Å². The summed E-state index contributed by atoms with van der Waals surface area (Å²) >= 11 is 3.13. The van der Waals surface area contributed by atoms with Crippen molar-refractivity contribution >= 4 is 33.8 Å². The normalized spacial score (nSPS) is 10.2. The van der Waals surface area contributed by atoms with Gasteiger partial charge in [0.15, 0.2) is 6.29 Å². The first-order valence-electron chi connectivity index (χ1n) is 5.45. The molecule has 0 atom stereocenters. The van der Waals surface area contributed by atoms with Gasteiger partial charge in [-0.25, -0.2) is 4.39 Å². The van der Waals surface area contributed by atoms with Crippen LogP contribution in [0, 0.1) is 5.82 Å². The van der Waals surface area contributed by atoms with Crippen LogP contribution >= 0.6 is 15.9 Å². The molecular weight excluding hydrogens is 315 g/mol. The highest BCUT2D eigenvalue weighted by Gasteiger charge is 2.09. The summed E-state index contributed by atoms with van der Waals surface area (Å²) in [5.74, 6) is -0.925. The molecule has 0 saturated carbocycles. The Morgan fingerprint density at radius 3 is 2.89 bits per heavy atom. The van der Waals surface area contributed by atoms with Crippen molar-refractivity contribution in [1.82, 2.24) is 4.57 Å². The van der Waals surface area contributed by atoms with Crippen molar-refractivity contribution in [2.45, 2.75) is 6.54 Å². The minimum Gasteiger partial charge on any atom is -0.336 e. The number of hydrogen-bond acceptors (Lipinski definition) is 2. The number of halogens is 2. The van der Waals surface area contributed by atoms with E-state index in [1.807, 2.05) is 0 Å². The first-order valence-corrected chi connectivity index (χ1v) is 6.24. The second-order valence-corrected chi connectivity index (χ2v) is 4.77. The summed E-state index contributed by atoms with van der Waals surface area (Å²) in [7, 11) is 0. The molecule has 0 aliphatic heterocycles. The van der Waals surface area contributed by atoms with Crippen molar-refractivity contribution in [3.05, 3.63) is 52.5 Å². The molecule has 0 aliphatic rings. The van der Waals surface area contributed by atoms with Crippen molar-refractivity contribution < 1.29 is 14.0 Å². The molecule has 2 aromatic rings. The summed E-state index contributed by atoms with van der Waals surface area (Å²) in [5.41, 5.74) is 0.499. The van der Waals surface area contributed by atoms with Crippen LogP contribution in [0.4, 0.5) is 10.1 Å². The summed E-state index contributed by atoms with van der Waals surface area (Å²) in [6.45, 7) is -0.0451. The molecular formula is C13H10BrFN2O2. The second-order valence-electron chi connectivity index (χ2n) is 3.85. The Balaban J connectivity index is 2.07. The zero-order chi connectivity index (χ0) is 13.8. The molecule has 0 bridgehead atoms. The molecule has 2 rings (SSSR count). The van der Waals surface area contributed by atoms with Crippen molar-refractivity contribution in [2.75, 3.05) is 5.32 Å². The molecule has 0 unspecified atom stereocenters. The van der Waals surface area contributed by atoms with E-state index in [0.29, 0.717) is 16.5 Å². The molecule has 0 fully saturated rings. The number of anilines is 1. The van der Waals surface area contributed by atoms with Gasteiger partial charge < -0.3 is 9.88 Å². The Morgan fingerprint density at radius 1 is 1.42 bits per heavy atom. The second kappa shape index (κ2) is 5.79. The van der Waals surface area contributed by atoms with Crippen molar-refractivity contribution in [3.63, 3.8) is 0 Å². The summed E-state index contributed by atoms with van der Waals surface area (Å²) in [4.78, 5) is 22.5. The predicted molar refractivity (Wildman–Crippen MR) is 72.5 cm³/mol. The van der Waals surface area contributed by atoms with Crippen LogP contribution in [-0.2, 0) is 11.3 Å². The zero-order valence-corrected chi connectivity index (χ0v) is 11.4. The summed E-state index contributed by atoms with van der Waals surface area (Å²) in [6, 6.07) is 7.62. The van der Waals surface area contributed by atoms with E-state index in [2.05, 4.69) is 21.2 Å². The van der Waals surface area contributed by atoms with Crippen LogP contribution in [0.5, 0.6) is 0 Å². The van der Waals surface area contributed by atoms with E-state index < -0.39 is 11.7 Å². The van der Waals surface area contributed by atoms with E-state index in [4.69, 9.17) is 0 Å². The Bertz CT molecular complexity index is 625.